The Labute approximate surface area is 94.7 Å². The van der Waals surface area contributed by atoms with Gasteiger partial charge in [0.25, 0.3) is 0 Å². The Balaban J connectivity index is 0.00000112. The molecule has 3 nitrogen and oxygen atoms in total. The third-order valence-corrected chi connectivity index (χ3v) is 2.75. The molecule has 1 aromatic carbocycles. The number of hydrogen-bond acceptors (Lipinski definition) is 2. The van der Waals surface area contributed by atoms with Crippen LogP contribution in [0.1, 0.15) is 40.4 Å². The molecule has 0 spiro atoms. The van der Waals surface area contributed by atoms with Crippen LogP contribution in [0.2, 0.25) is 0 Å². The average molecular weight is 228 g/mol. The Bertz CT molecular complexity index is 379. The first-order valence-electron chi connectivity index (χ1n) is 4.80. The molecule has 3 N–H and O–H groups in total. The molecule has 1 aliphatic rings. The van der Waals surface area contributed by atoms with Crippen LogP contribution in [0.3, 0.4) is 0 Å². The molecule has 0 bridgehead atoms. The predicted octanol–water partition coefficient (Wildman–Crippen LogP) is 2.14. The number of hydrogen-bond donors (Lipinski definition) is 2. The molecule has 0 fully saturated rings. The van der Waals surface area contributed by atoms with Crippen molar-refractivity contribution in [1.29, 1.82) is 0 Å². The van der Waals surface area contributed by atoms with Crippen LogP contribution >= 0.6 is 12.4 Å². The fraction of sp³-hybridized carbons (Fsp3) is 0.364. The predicted molar refractivity (Wildman–Crippen MR) is 60.5 cm³/mol. The smallest absolute Gasteiger partial charge is 0.335 e. The second kappa shape index (κ2) is 4.64. The van der Waals surface area contributed by atoms with E-state index in [0.29, 0.717) is 5.56 Å². The van der Waals surface area contributed by atoms with Crippen LogP contribution in [-0.2, 0) is 6.42 Å². The van der Waals surface area contributed by atoms with Gasteiger partial charge in [0.1, 0.15) is 0 Å². The lowest BCUT2D eigenvalue weighted by molar-refractivity contribution is 0.0696. The molecule has 0 heterocycles. The van der Waals surface area contributed by atoms with Crippen molar-refractivity contribution in [1.82, 2.24) is 0 Å². The van der Waals surface area contributed by atoms with Gasteiger partial charge in [0.2, 0.25) is 0 Å². The molecule has 0 radical (unpaired) electrons. The molecule has 1 aliphatic carbocycles. The highest BCUT2D eigenvalue weighted by molar-refractivity contribution is 5.88. The van der Waals surface area contributed by atoms with Crippen LogP contribution in [0.5, 0.6) is 0 Å². The van der Waals surface area contributed by atoms with Gasteiger partial charge in [0, 0.05) is 6.04 Å². The molecule has 0 saturated heterocycles. The summed E-state index contributed by atoms with van der Waals surface area (Å²) in [7, 11) is 0. The van der Waals surface area contributed by atoms with E-state index < -0.39 is 5.97 Å². The van der Waals surface area contributed by atoms with Crippen LogP contribution in [0.4, 0.5) is 0 Å². The molecule has 1 aromatic rings. The maximum absolute atomic E-state index is 10.8. The van der Waals surface area contributed by atoms with E-state index in [9.17, 15) is 4.79 Å². The number of aromatic carboxylic acids is 1. The van der Waals surface area contributed by atoms with E-state index in [4.69, 9.17) is 10.8 Å². The summed E-state index contributed by atoms with van der Waals surface area (Å²) in [6.07, 6.45) is 3.07. The molecular formula is C11H14ClNO2. The molecule has 0 aliphatic heterocycles. The standard InChI is InChI=1S/C11H13NO2.ClH/c12-10-3-1-2-7-4-5-8(11(13)14)6-9(7)10;/h4-6,10H,1-3,12H2,(H,13,14);1H. The Morgan fingerprint density at radius 1 is 1.47 bits per heavy atom. The van der Waals surface area contributed by atoms with Crippen LogP contribution in [0.15, 0.2) is 18.2 Å². The van der Waals surface area contributed by atoms with E-state index in [1.807, 2.05) is 6.07 Å². The highest BCUT2D eigenvalue weighted by atomic mass is 35.5. The second-order valence-corrected chi connectivity index (χ2v) is 3.72. The van der Waals surface area contributed by atoms with Gasteiger partial charge in [-0.25, -0.2) is 4.79 Å². The number of benzene rings is 1. The van der Waals surface area contributed by atoms with E-state index in [0.717, 1.165) is 24.8 Å². The SMILES string of the molecule is Cl.NC1CCCc2ccc(C(=O)O)cc21. The van der Waals surface area contributed by atoms with Gasteiger partial charge in [-0.15, -0.1) is 12.4 Å². The van der Waals surface area contributed by atoms with E-state index in [2.05, 4.69) is 0 Å². The van der Waals surface area contributed by atoms with Gasteiger partial charge >= 0.3 is 5.97 Å². The zero-order valence-corrected chi connectivity index (χ0v) is 9.09. The van der Waals surface area contributed by atoms with Gasteiger partial charge in [-0.3, -0.25) is 0 Å². The van der Waals surface area contributed by atoms with Crippen LogP contribution in [0, 0.1) is 0 Å². The number of aryl methyl sites for hydroxylation is 1. The summed E-state index contributed by atoms with van der Waals surface area (Å²) >= 11 is 0. The monoisotopic (exact) mass is 227 g/mol. The topological polar surface area (TPSA) is 63.3 Å². The highest BCUT2D eigenvalue weighted by Gasteiger charge is 2.18. The molecule has 15 heavy (non-hydrogen) atoms. The van der Waals surface area contributed by atoms with Crippen LogP contribution in [0.25, 0.3) is 0 Å². The maximum atomic E-state index is 10.8. The summed E-state index contributed by atoms with van der Waals surface area (Å²) in [5, 5.41) is 8.83. The van der Waals surface area contributed by atoms with Crippen molar-refractivity contribution in [3.05, 3.63) is 34.9 Å². The second-order valence-electron chi connectivity index (χ2n) is 3.72. The molecule has 1 atom stereocenters. The Kier molecular flexibility index (Phi) is 3.72. The Morgan fingerprint density at radius 2 is 2.20 bits per heavy atom. The number of rotatable bonds is 1. The summed E-state index contributed by atoms with van der Waals surface area (Å²) < 4.78 is 0. The van der Waals surface area contributed by atoms with Crippen molar-refractivity contribution in [3.63, 3.8) is 0 Å². The largest absolute Gasteiger partial charge is 0.478 e. The fourth-order valence-corrected chi connectivity index (χ4v) is 1.97. The lowest BCUT2D eigenvalue weighted by Gasteiger charge is -2.22. The molecule has 0 saturated carbocycles. The van der Waals surface area contributed by atoms with Gasteiger partial charge in [0.15, 0.2) is 0 Å². The molecule has 0 amide bonds. The molecule has 4 heteroatoms. The fourth-order valence-electron chi connectivity index (χ4n) is 1.97. The quantitative estimate of drug-likeness (QED) is 0.773. The van der Waals surface area contributed by atoms with Crippen LogP contribution in [-0.4, -0.2) is 11.1 Å². The number of carboxylic acid groups (broad SMARTS) is 1. The summed E-state index contributed by atoms with van der Waals surface area (Å²) in [6.45, 7) is 0. The number of nitrogens with two attached hydrogens (primary N) is 1. The van der Waals surface area contributed by atoms with Crippen molar-refractivity contribution in [3.8, 4) is 0 Å². The van der Waals surface area contributed by atoms with E-state index in [1.165, 1.54) is 5.56 Å². The first-order valence-corrected chi connectivity index (χ1v) is 4.80. The van der Waals surface area contributed by atoms with Gasteiger partial charge in [-0.05, 0) is 42.5 Å². The van der Waals surface area contributed by atoms with Gasteiger partial charge < -0.3 is 10.8 Å². The molecule has 1 unspecified atom stereocenters. The number of carboxylic acids is 1. The third-order valence-electron chi connectivity index (χ3n) is 2.75. The minimum atomic E-state index is -0.884. The summed E-state index contributed by atoms with van der Waals surface area (Å²) in [5.41, 5.74) is 8.47. The van der Waals surface area contributed by atoms with Crippen molar-refractivity contribution in [2.75, 3.05) is 0 Å². The van der Waals surface area contributed by atoms with Gasteiger partial charge in [0.05, 0.1) is 5.56 Å². The Morgan fingerprint density at radius 3 is 2.87 bits per heavy atom. The van der Waals surface area contributed by atoms with Crippen molar-refractivity contribution in [2.45, 2.75) is 25.3 Å². The molecule has 2 rings (SSSR count). The van der Waals surface area contributed by atoms with Crippen molar-refractivity contribution in [2.24, 2.45) is 5.73 Å². The third kappa shape index (κ3) is 2.30. The highest BCUT2D eigenvalue weighted by Crippen LogP contribution is 2.28. The first kappa shape index (κ1) is 12.0. The number of fused-ring (bicyclic) bond motifs is 1. The first-order chi connectivity index (χ1) is 6.68. The van der Waals surface area contributed by atoms with E-state index in [1.54, 1.807) is 12.1 Å². The number of carbonyl (C=O) groups is 1. The normalized spacial score (nSPS) is 18.9. The Hall–Kier alpha value is -1.06. The summed E-state index contributed by atoms with van der Waals surface area (Å²) in [4.78, 5) is 10.8. The maximum Gasteiger partial charge on any atom is 0.335 e. The van der Waals surface area contributed by atoms with Crippen LogP contribution < -0.4 is 5.73 Å². The minimum absolute atomic E-state index is 0. The van der Waals surface area contributed by atoms with E-state index in [-0.39, 0.29) is 18.4 Å². The zero-order valence-electron chi connectivity index (χ0n) is 8.27. The lowest BCUT2D eigenvalue weighted by atomic mass is 9.87. The average Bonchev–Trinajstić information content (AvgIpc) is 2.18. The lowest BCUT2D eigenvalue weighted by Crippen LogP contribution is -2.18. The zero-order chi connectivity index (χ0) is 10.1. The van der Waals surface area contributed by atoms with Gasteiger partial charge in [-0.2, -0.15) is 0 Å². The van der Waals surface area contributed by atoms with Crippen molar-refractivity contribution >= 4 is 18.4 Å². The minimum Gasteiger partial charge on any atom is -0.478 e. The molecular weight excluding hydrogens is 214 g/mol. The molecule has 0 aromatic heterocycles. The molecule has 82 valence electrons. The van der Waals surface area contributed by atoms with Gasteiger partial charge in [-0.1, -0.05) is 6.07 Å². The summed E-state index contributed by atoms with van der Waals surface area (Å²) in [6, 6.07) is 5.26. The van der Waals surface area contributed by atoms with E-state index >= 15 is 0 Å². The number of halogens is 1. The van der Waals surface area contributed by atoms with Crippen molar-refractivity contribution < 1.29 is 9.90 Å². The summed E-state index contributed by atoms with van der Waals surface area (Å²) in [5.74, 6) is -0.884.